The molecule has 0 bridgehead atoms. The zero-order chi connectivity index (χ0) is 32.2. The summed E-state index contributed by atoms with van der Waals surface area (Å²) in [5.41, 5.74) is 12.5. The van der Waals surface area contributed by atoms with Crippen molar-refractivity contribution in [2.75, 3.05) is 0 Å². The summed E-state index contributed by atoms with van der Waals surface area (Å²) in [7, 11) is -2.03. The largest absolute Gasteiger partial charge is 0.237 e. The molecule has 2 aromatic heterocycles. The topological polar surface area (TPSA) is 38.7 Å². The van der Waals surface area contributed by atoms with Gasteiger partial charge in [0.1, 0.15) is 13.1 Å². The summed E-state index contributed by atoms with van der Waals surface area (Å²) >= 11 is 1.74. The molecule has 0 radical (unpaired) electrons. The summed E-state index contributed by atoms with van der Waals surface area (Å²) < 4.78 is 1.21. The Morgan fingerprint density at radius 1 is 0.479 bits per heavy atom. The van der Waals surface area contributed by atoms with Crippen LogP contribution in [0.4, 0.5) is 0 Å². The van der Waals surface area contributed by atoms with E-state index < -0.39 is 8.07 Å². The summed E-state index contributed by atoms with van der Waals surface area (Å²) in [4.78, 5) is 15.6. The minimum Gasteiger partial charge on any atom is -0.237 e. The van der Waals surface area contributed by atoms with E-state index in [2.05, 4.69) is 159 Å². The quantitative estimate of drug-likeness (QED) is 0.174. The Hall–Kier alpha value is -5.49. The number of aromatic nitrogens is 3. The molecule has 3 nitrogen and oxygen atoms in total. The lowest BCUT2D eigenvalue weighted by Crippen LogP contribution is -2.50. The molecule has 0 aliphatic carbocycles. The van der Waals surface area contributed by atoms with E-state index in [1.54, 1.807) is 11.3 Å². The van der Waals surface area contributed by atoms with Crippen molar-refractivity contribution in [3.63, 3.8) is 0 Å². The zero-order valence-electron chi connectivity index (χ0n) is 26.7. The summed E-state index contributed by atoms with van der Waals surface area (Å²) in [5.74, 6) is 0.780. The van der Waals surface area contributed by atoms with Gasteiger partial charge in [-0.2, -0.15) is 0 Å². The Kier molecular flexibility index (Phi) is 6.78. The van der Waals surface area contributed by atoms with Gasteiger partial charge in [0.15, 0.2) is 5.82 Å². The lowest BCUT2D eigenvalue weighted by Gasteiger charge is -2.19. The minimum absolute atomic E-state index is 0.780. The molecule has 228 valence electrons. The van der Waals surface area contributed by atoms with Crippen LogP contribution in [-0.2, 0) is 0 Å². The van der Waals surface area contributed by atoms with Gasteiger partial charge in [-0.1, -0.05) is 134 Å². The fraction of sp³-hybridized carbons (Fsp3) is 0.0465. The van der Waals surface area contributed by atoms with Crippen molar-refractivity contribution in [3.8, 4) is 66.6 Å². The van der Waals surface area contributed by atoms with E-state index in [4.69, 9.17) is 15.0 Å². The molecular formula is C43H31N3SSi. The Morgan fingerprint density at radius 3 is 1.77 bits per heavy atom. The molecule has 0 amide bonds. The van der Waals surface area contributed by atoms with Gasteiger partial charge in [0, 0.05) is 27.6 Å². The first-order valence-electron chi connectivity index (χ1n) is 16.3. The van der Waals surface area contributed by atoms with Gasteiger partial charge in [0.2, 0.25) is 0 Å². The Labute approximate surface area is 285 Å². The van der Waals surface area contributed by atoms with E-state index in [-0.39, 0.29) is 0 Å². The molecular weight excluding hydrogens is 619 g/mol. The van der Waals surface area contributed by atoms with Crippen molar-refractivity contribution < 1.29 is 0 Å². The van der Waals surface area contributed by atoms with E-state index >= 15 is 0 Å². The minimum atomic E-state index is -2.03. The fourth-order valence-electron chi connectivity index (χ4n) is 7.02. The number of hydrogen-bond acceptors (Lipinski definition) is 4. The molecule has 0 saturated heterocycles. The molecule has 1 aliphatic rings. The molecule has 9 rings (SSSR count). The summed E-state index contributed by atoms with van der Waals surface area (Å²) in [6.45, 7) is 4.83. The van der Waals surface area contributed by atoms with Gasteiger partial charge in [-0.05, 0) is 63.3 Å². The lowest BCUT2D eigenvalue weighted by atomic mass is 9.97. The van der Waals surface area contributed by atoms with E-state index in [0.717, 1.165) is 49.9 Å². The van der Waals surface area contributed by atoms with Crippen molar-refractivity contribution in [1.82, 2.24) is 15.0 Å². The standard InChI is InChI=1S/C43H31N3SSi/c1-48(2)38-24-9-6-21-35(38)39-40(28-13-4-3-5-14-28)45-41(46-43(39)48)33-19-11-17-31(26-33)29-15-10-16-30(25-29)32-18-12-20-34(27-32)42-44-36-22-7-8-23-37(36)47-42/h3-27H,1-2H3. The van der Waals surface area contributed by atoms with E-state index in [1.165, 1.54) is 37.5 Å². The molecule has 5 heteroatoms. The van der Waals surface area contributed by atoms with Gasteiger partial charge in [-0.25, -0.2) is 15.0 Å². The average molecular weight is 650 g/mol. The van der Waals surface area contributed by atoms with Crippen LogP contribution < -0.4 is 10.5 Å². The molecule has 0 unspecified atom stereocenters. The van der Waals surface area contributed by atoms with Crippen LogP contribution in [0.15, 0.2) is 152 Å². The third kappa shape index (κ3) is 4.82. The first-order valence-corrected chi connectivity index (χ1v) is 20.1. The summed E-state index contributed by atoms with van der Waals surface area (Å²) in [5, 5.41) is 3.69. The fourth-order valence-corrected chi connectivity index (χ4v) is 10.9. The highest BCUT2D eigenvalue weighted by Gasteiger charge is 2.41. The number of hydrogen-bond donors (Lipinski definition) is 0. The predicted molar refractivity (Wildman–Crippen MR) is 205 cm³/mol. The molecule has 3 heterocycles. The summed E-state index contributed by atoms with van der Waals surface area (Å²) in [6.07, 6.45) is 0. The van der Waals surface area contributed by atoms with E-state index in [0.29, 0.717) is 0 Å². The SMILES string of the molecule is C[Si]1(C)c2ccccc2-c2c(-c3ccccc3)nc(-c3cccc(-c4cccc(-c5cccc(-c6nc7ccccc7s6)c5)c4)c3)nc21. The first kappa shape index (κ1) is 28.7. The van der Waals surface area contributed by atoms with Crippen LogP contribution in [0.3, 0.4) is 0 Å². The third-order valence-electron chi connectivity index (χ3n) is 9.47. The maximum absolute atomic E-state index is 5.38. The zero-order valence-corrected chi connectivity index (χ0v) is 28.5. The number of benzene rings is 6. The van der Waals surface area contributed by atoms with Crippen molar-refractivity contribution in [1.29, 1.82) is 0 Å². The second-order valence-corrected chi connectivity index (χ2v) is 18.2. The Bertz CT molecular complexity index is 2470. The molecule has 0 fully saturated rings. The molecule has 1 aliphatic heterocycles. The highest BCUT2D eigenvalue weighted by Crippen LogP contribution is 2.37. The third-order valence-corrected chi connectivity index (χ3v) is 13.9. The maximum atomic E-state index is 5.38. The van der Waals surface area contributed by atoms with E-state index in [9.17, 15) is 0 Å². The van der Waals surface area contributed by atoms with Gasteiger partial charge in [0.25, 0.3) is 0 Å². The van der Waals surface area contributed by atoms with Crippen LogP contribution in [0.25, 0.3) is 76.8 Å². The normalized spacial score (nSPS) is 13.0. The maximum Gasteiger partial charge on any atom is 0.159 e. The summed E-state index contributed by atoms with van der Waals surface area (Å²) in [6, 6.07) is 53.9. The molecule has 0 atom stereocenters. The first-order chi connectivity index (χ1) is 23.5. The molecule has 0 N–H and O–H groups in total. The van der Waals surface area contributed by atoms with Gasteiger partial charge < -0.3 is 0 Å². The van der Waals surface area contributed by atoms with Crippen LogP contribution in [0.2, 0.25) is 13.1 Å². The van der Waals surface area contributed by atoms with Gasteiger partial charge in [0.05, 0.1) is 15.9 Å². The van der Waals surface area contributed by atoms with Crippen molar-refractivity contribution in [2.24, 2.45) is 0 Å². The predicted octanol–water partition coefficient (Wildman–Crippen LogP) is 10.2. The van der Waals surface area contributed by atoms with Crippen LogP contribution in [0.1, 0.15) is 0 Å². The molecule has 0 spiro atoms. The lowest BCUT2D eigenvalue weighted by molar-refractivity contribution is 1.21. The monoisotopic (exact) mass is 649 g/mol. The van der Waals surface area contributed by atoms with Crippen LogP contribution in [0, 0.1) is 0 Å². The van der Waals surface area contributed by atoms with Crippen molar-refractivity contribution in [2.45, 2.75) is 13.1 Å². The Morgan fingerprint density at radius 2 is 1.04 bits per heavy atom. The van der Waals surface area contributed by atoms with Gasteiger partial charge >= 0.3 is 0 Å². The smallest absolute Gasteiger partial charge is 0.159 e. The average Bonchev–Trinajstić information content (AvgIpc) is 3.69. The van der Waals surface area contributed by atoms with Crippen molar-refractivity contribution in [3.05, 3.63) is 152 Å². The molecule has 8 aromatic rings. The highest BCUT2D eigenvalue weighted by molar-refractivity contribution is 7.21. The number of fused-ring (bicyclic) bond motifs is 4. The molecule has 48 heavy (non-hydrogen) atoms. The second kappa shape index (κ2) is 11.3. The van der Waals surface area contributed by atoms with Crippen LogP contribution >= 0.6 is 11.3 Å². The van der Waals surface area contributed by atoms with Crippen molar-refractivity contribution >= 4 is 40.1 Å². The Balaban J connectivity index is 1.12. The second-order valence-electron chi connectivity index (χ2n) is 12.9. The number of thiazole rings is 1. The molecule has 6 aromatic carbocycles. The van der Waals surface area contributed by atoms with Crippen LogP contribution in [-0.4, -0.2) is 23.0 Å². The van der Waals surface area contributed by atoms with Gasteiger partial charge in [-0.15, -0.1) is 11.3 Å². The van der Waals surface area contributed by atoms with Crippen LogP contribution in [0.5, 0.6) is 0 Å². The number of para-hydroxylation sites is 1. The number of nitrogens with zero attached hydrogens (tertiary/aromatic N) is 3. The highest BCUT2D eigenvalue weighted by atomic mass is 32.1. The van der Waals surface area contributed by atoms with Gasteiger partial charge in [-0.3, -0.25) is 0 Å². The van der Waals surface area contributed by atoms with E-state index in [1.807, 2.05) is 6.07 Å². The number of rotatable bonds is 5. The molecule has 0 saturated carbocycles.